The molecule has 0 unspecified atom stereocenters. The molecule has 0 atom stereocenters. The number of aliphatic hydroxyl groups excluding tert-OH is 1. The lowest BCUT2D eigenvalue weighted by atomic mass is 9.79. The van der Waals surface area contributed by atoms with Gasteiger partial charge in [0, 0.05) is 0 Å². The van der Waals surface area contributed by atoms with Gasteiger partial charge in [0.2, 0.25) is 0 Å². The Bertz CT molecular complexity index is 344. The summed E-state index contributed by atoms with van der Waals surface area (Å²) >= 11 is 0. The smallest absolute Gasteiger partial charge is 0.0932 e. The van der Waals surface area contributed by atoms with Crippen molar-refractivity contribution in [2.45, 2.75) is 37.7 Å². The van der Waals surface area contributed by atoms with Crippen LogP contribution >= 0.6 is 0 Å². The van der Waals surface area contributed by atoms with E-state index in [-0.39, 0.29) is 12.2 Å². The summed E-state index contributed by atoms with van der Waals surface area (Å²) in [4.78, 5) is 0. The molecular weight excluding hydrogens is 240 g/mol. The highest BCUT2D eigenvalue weighted by atomic mass is 16.5. The van der Waals surface area contributed by atoms with Crippen LogP contribution in [0.3, 0.4) is 0 Å². The zero-order valence-electron chi connectivity index (χ0n) is 11.5. The van der Waals surface area contributed by atoms with Gasteiger partial charge in [-0.25, -0.2) is 0 Å². The van der Waals surface area contributed by atoms with Gasteiger partial charge < -0.3 is 14.6 Å². The molecule has 0 bridgehead atoms. The maximum atomic E-state index is 8.68. The molecule has 0 amide bonds. The fraction of sp³-hybridized carbons (Fsp3) is 0.625. The summed E-state index contributed by atoms with van der Waals surface area (Å²) in [5, 5.41) is 8.68. The highest BCUT2D eigenvalue weighted by molar-refractivity contribution is 5.23. The van der Waals surface area contributed by atoms with E-state index in [1.807, 2.05) is 6.07 Å². The molecule has 19 heavy (non-hydrogen) atoms. The van der Waals surface area contributed by atoms with E-state index in [2.05, 4.69) is 24.3 Å². The lowest BCUT2D eigenvalue weighted by Gasteiger charge is -2.37. The van der Waals surface area contributed by atoms with E-state index in [1.165, 1.54) is 24.8 Å². The summed E-state index contributed by atoms with van der Waals surface area (Å²) in [5.41, 5.74) is 1.17. The molecule has 1 saturated carbocycles. The molecule has 0 heterocycles. The Morgan fingerprint density at radius 3 is 2.37 bits per heavy atom. The van der Waals surface area contributed by atoms with Crippen LogP contribution in [0.2, 0.25) is 0 Å². The average Bonchev–Trinajstić information content (AvgIpc) is 2.49. The van der Waals surface area contributed by atoms with Gasteiger partial charge in [-0.3, -0.25) is 0 Å². The molecule has 1 aliphatic carbocycles. The minimum Gasteiger partial charge on any atom is -0.394 e. The lowest BCUT2D eigenvalue weighted by molar-refractivity contribution is -0.0947. The number of aliphatic hydroxyl groups is 1. The second kappa shape index (κ2) is 7.63. The van der Waals surface area contributed by atoms with Crippen LogP contribution in [0.5, 0.6) is 0 Å². The molecule has 1 aromatic rings. The predicted molar refractivity (Wildman–Crippen MR) is 75.1 cm³/mol. The van der Waals surface area contributed by atoms with Crippen molar-refractivity contribution in [1.29, 1.82) is 0 Å². The second-order valence-electron chi connectivity index (χ2n) is 5.11. The molecule has 0 spiro atoms. The third-order valence-corrected chi connectivity index (χ3v) is 3.80. The van der Waals surface area contributed by atoms with Crippen molar-refractivity contribution >= 4 is 0 Å². The molecule has 0 aromatic heterocycles. The van der Waals surface area contributed by atoms with E-state index in [0.717, 1.165) is 12.8 Å². The lowest BCUT2D eigenvalue weighted by Crippen LogP contribution is -2.33. The Balaban J connectivity index is 1.95. The van der Waals surface area contributed by atoms with Crippen LogP contribution in [0.15, 0.2) is 30.3 Å². The SMILES string of the molecule is OCCOCCOC1(c2ccccc2)CCCCC1. The van der Waals surface area contributed by atoms with Crippen molar-refractivity contribution in [3.05, 3.63) is 35.9 Å². The number of benzene rings is 1. The number of hydrogen-bond acceptors (Lipinski definition) is 3. The normalized spacial score (nSPS) is 18.4. The number of ether oxygens (including phenoxy) is 2. The number of hydrogen-bond donors (Lipinski definition) is 1. The predicted octanol–water partition coefficient (Wildman–Crippen LogP) is 2.87. The first-order valence-electron chi connectivity index (χ1n) is 7.25. The van der Waals surface area contributed by atoms with Gasteiger partial charge in [-0.15, -0.1) is 0 Å². The largest absolute Gasteiger partial charge is 0.394 e. The molecule has 2 rings (SSSR count). The minimum absolute atomic E-state index is 0.0732. The zero-order chi connectivity index (χ0) is 13.4. The van der Waals surface area contributed by atoms with Crippen molar-refractivity contribution in [2.24, 2.45) is 0 Å². The van der Waals surface area contributed by atoms with E-state index >= 15 is 0 Å². The Kier molecular flexibility index (Phi) is 5.83. The van der Waals surface area contributed by atoms with Crippen LogP contribution in [-0.2, 0) is 15.1 Å². The van der Waals surface area contributed by atoms with Crippen LogP contribution in [0.4, 0.5) is 0 Å². The van der Waals surface area contributed by atoms with Gasteiger partial charge in [0.05, 0.1) is 32.0 Å². The summed E-state index contributed by atoms with van der Waals surface area (Å²) in [7, 11) is 0. The highest BCUT2D eigenvalue weighted by Crippen LogP contribution is 2.40. The third kappa shape index (κ3) is 4.03. The molecule has 0 saturated heterocycles. The van der Waals surface area contributed by atoms with E-state index < -0.39 is 0 Å². The first-order chi connectivity index (χ1) is 9.37. The molecule has 3 nitrogen and oxygen atoms in total. The van der Waals surface area contributed by atoms with Crippen LogP contribution in [-0.4, -0.2) is 31.5 Å². The van der Waals surface area contributed by atoms with Crippen molar-refractivity contribution in [2.75, 3.05) is 26.4 Å². The van der Waals surface area contributed by atoms with Crippen molar-refractivity contribution < 1.29 is 14.6 Å². The van der Waals surface area contributed by atoms with Gasteiger partial charge in [0.1, 0.15) is 0 Å². The first kappa shape index (κ1) is 14.5. The Morgan fingerprint density at radius 2 is 1.68 bits per heavy atom. The topological polar surface area (TPSA) is 38.7 Å². The molecular formula is C16H24O3. The van der Waals surface area contributed by atoms with E-state index in [4.69, 9.17) is 14.6 Å². The molecule has 3 heteroatoms. The molecule has 1 N–H and O–H groups in total. The number of rotatable bonds is 7. The molecule has 1 aromatic carbocycles. The summed E-state index contributed by atoms with van der Waals surface area (Å²) in [5.74, 6) is 0. The van der Waals surface area contributed by atoms with Crippen molar-refractivity contribution in [3.63, 3.8) is 0 Å². The first-order valence-corrected chi connectivity index (χ1v) is 7.25. The maximum Gasteiger partial charge on any atom is 0.0932 e. The van der Waals surface area contributed by atoms with Gasteiger partial charge in [-0.05, 0) is 18.4 Å². The van der Waals surface area contributed by atoms with Crippen molar-refractivity contribution in [3.8, 4) is 0 Å². The van der Waals surface area contributed by atoms with Gasteiger partial charge in [0.15, 0.2) is 0 Å². The fourth-order valence-electron chi connectivity index (χ4n) is 2.84. The summed E-state index contributed by atoms with van der Waals surface area (Å²) in [6.07, 6.45) is 5.95. The van der Waals surface area contributed by atoms with Gasteiger partial charge in [-0.2, -0.15) is 0 Å². The van der Waals surface area contributed by atoms with Gasteiger partial charge in [-0.1, -0.05) is 49.6 Å². The molecule has 0 aliphatic heterocycles. The average molecular weight is 264 g/mol. The maximum absolute atomic E-state index is 8.68. The monoisotopic (exact) mass is 264 g/mol. The highest BCUT2D eigenvalue weighted by Gasteiger charge is 2.34. The van der Waals surface area contributed by atoms with Gasteiger partial charge >= 0.3 is 0 Å². The summed E-state index contributed by atoms with van der Waals surface area (Å²) in [6.45, 7) is 1.61. The minimum atomic E-state index is -0.123. The molecule has 0 radical (unpaired) electrons. The van der Waals surface area contributed by atoms with E-state index in [0.29, 0.717) is 19.8 Å². The zero-order valence-corrected chi connectivity index (χ0v) is 11.5. The Labute approximate surface area is 115 Å². The molecule has 106 valence electrons. The fourth-order valence-corrected chi connectivity index (χ4v) is 2.84. The van der Waals surface area contributed by atoms with E-state index in [1.54, 1.807) is 0 Å². The summed E-state index contributed by atoms with van der Waals surface area (Å²) < 4.78 is 11.5. The van der Waals surface area contributed by atoms with E-state index in [9.17, 15) is 0 Å². The van der Waals surface area contributed by atoms with Crippen LogP contribution in [0.25, 0.3) is 0 Å². The quantitative estimate of drug-likeness (QED) is 0.770. The summed E-state index contributed by atoms with van der Waals surface area (Å²) in [6, 6.07) is 10.5. The Morgan fingerprint density at radius 1 is 0.947 bits per heavy atom. The van der Waals surface area contributed by atoms with Crippen LogP contribution in [0.1, 0.15) is 37.7 Å². The van der Waals surface area contributed by atoms with Crippen LogP contribution in [0, 0.1) is 0 Å². The second-order valence-corrected chi connectivity index (χ2v) is 5.11. The Hall–Kier alpha value is -0.900. The third-order valence-electron chi connectivity index (χ3n) is 3.80. The molecule has 1 fully saturated rings. The van der Waals surface area contributed by atoms with Crippen molar-refractivity contribution in [1.82, 2.24) is 0 Å². The standard InChI is InChI=1S/C16H24O3/c17-11-12-18-13-14-19-16(9-5-2-6-10-16)15-7-3-1-4-8-15/h1,3-4,7-8,17H,2,5-6,9-14H2. The van der Waals surface area contributed by atoms with Gasteiger partial charge in [0.25, 0.3) is 0 Å². The van der Waals surface area contributed by atoms with Crippen LogP contribution < -0.4 is 0 Å². The molecule has 1 aliphatic rings.